The second-order valence-corrected chi connectivity index (χ2v) is 7.43. The minimum atomic E-state index is -0.538. The number of benzene rings is 2. The van der Waals surface area contributed by atoms with Gasteiger partial charge in [0.1, 0.15) is 18.0 Å². The number of hydrogen-bond donors (Lipinski definition) is 0. The molecule has 0 radical (unpaired) electrons. The summed E-state index contributed by atoms with van der Waals surface area (Å²) in [7, 11) is 2.81. The summed E-state index contributed by atoms with van der Waals surface area (Å²) in [6, 6.07) is 11.8. The van der Waals surface area contributed by atoms with Crippen LogP contribution in [0, 0.1) is 0 Å². The molecule has 10 heteroatoms. The van der Waals surface area contributed by atoms with E-state index in [2.05, 4.69) is 4.99 Å². The van der Waals surface area contributed by atoms with Crippen molar-refractivity contribution in [2.24, 2.45) is 4.99 Å². The zero-order valence-corrected chi connectivity index (χ0v) is 18.6. The Kier molecular flexibility index (Phi) is 7.61. The molecular weight excluding hydrogens is 436 g/mol. The molecule has 0 unspecified atom stereocenters. The van der Waals surface area contributed by atoms with Gasteiger partial charge in [-0.05, 0) is 37.3 Å². The highest BCUT2D eigenvalue weighted by atomic mass is 32.1. The van der Waals surface area contributed by atoms with Gasteiger partial charge in [0.15, 0.2) is 11.4 Å². The third-order valence-electron chi connectivity index (χ3n) is 4.33. The lowest BCUT2D eigenvalue weighted by molar-refractivity contribution is -0.141. The average molecular weight is 458 g/mol. The molecule has 1 amide bonds. The smallest absolute Gasteiger partial charge is 0.338 e. The Bertz CT molecular complexity index is 1210. The summed E-state index contributed by atoms with van der Waals surface area (Å²) in [4.78, 5) is 40.8. The summed E-state index contributed by atoms with van der Waals surface area (Å²) in [5, 5.41) is 0. The van der Waals surface area contributed by atoms with Gasteiger partial charge >= 0.3 is 11.9 Å². The quantitative estimate of drug-likeness (QED) is 0.478. The van der Waals surface area contributed by atoms with Gasteiger partial charge in [-0.25, -0.2) is 4.79 Å². The first-order valence-corrected chi connectivity index (χ1v) is 10.5. The van der Waals surface area contributed by atoms with Crippen LogP contribution in [0.1, 0.15) is 17.3 Å². The Balaban J connectivity index is 1.92. The zero-order chi connectivity index (χ0) is 23.1. The van der Waals surface area contributed by atoms with Crippen molar-refractivity contribution < 1.29 is 33.3 Å². The van der Waals surface area contributed by atoms with Crippen molar-refractivity contribution in [3.63, 3.8) is 0 Å². The normalized spacial score (nSPS) is 11.3. The van der Waals surface area contributed by atoms with Crippen LogP contribution in [-0.2, 0) is 25.6 Å². The molecule has 3 aromatic rings. The van der Waals surface area contributed by atoms with Gasteiger partial charge < -0.3 is 23.5 Å². The number of hydrogen-bond acceptors (Lipinski definition) is 8. The SMILES string of the molecule is CCOC(=O)c1ccc2c(c1)sc(=NC(=O)COc1cccc(OC)c1)n2CC(=O)OC. The fourth-order valence-electron chi connectivity index (χ4n) is 2.82. The van der Waals surface area contributed by atoms with Crippen LogP contribution in [0.5, 0.6) is 11.5 Å². The van der Waals surface area contributed by atoms with E-state index in [0.717, 1.165) is 0 Å². The molecule has 0 spiro atoms. The molecule has 1 aromatic heterocycles. The number of thiazole rings is 1. The number of fused-ring (bicyclic) bond motifs is 1. The molecule has 168 valence electrons. The number of esters is 2. The van der Waals surface area contributed by atoms with Gasteiger partial charge in [0, 0.05) is 6.07 Å². The van der Waals surface area contributed by atoms with E-state index in [-0.39, 0.29) is 24.6 Å². The fourth-order valence-corrected chi connectivity index (χ4v) is 3.91. The fraction of sp³-hybridized carbons (Fsp3) is 0.273. The highest BCUT2D eigenvalue weighted by molar-refractivity contribution is 7.16. The Morgan fingerprint density at radius 2 is 1.84 bits per heavy atom. The molecule has 2 aromatic carbocycles. The molecule has 0 aliphatic heterocycles. The third kappa shape index (κ3) is 5.52. The topological polar surface area (TPSA) is 105 Å². The number of carbonyl (C=O) groups is 3. The van der Waals surface area contributed by atoms with Crippen molar-refractivity contribution in [1.82, 2.24) is 4.57 Å². The minimum absolute atomic E-state index is 0.141. The first kappa shape index (κ1) is 23.0. The van der Waals surface area contributed by atoms with Gasteiger partial charge in [-0.1, -0.05) is 17.4 Å². The molecule has 0 fully saturated rings. The second-order valence-electron chi connectivity index (χ2n) is 6.42. The number of amides is 1. The number of methoxy groups -OCH3 is 2. The molecule has 0 saturated heterocycles. The van der Waals surface area contributed by atoms with Crippen LogP contribution in [0.15, 0.2) is 47.5 Å². The van der Waals surface area contributed by atoms with Crippen molar-refractivity contribution in [2.75, 3.05) is 27.4 Å². The van der Waals surface area contributed by atoms with E-state index >= 15 is 0 Å². The Morgan fingerprint density at radius 1 is 1.06 bits per heavy atom. The van der Waals surface area contributed by atoms with Crippen LogP contribution < -0.4 is 14.3 Å². The van der Waals surface area contributed by atoms with E-state index in [4.69, 9.17) is 18.9 Å². The molecule has 3 rings (SSSR count). The van der Waals surface area contributed by atoms with Gasteiger partial charge in [-0.15, -0.1) is 0 Å². The Hall–Kier alpha value is -3.66. The third-order valence-corrected chi connectivity index (χ3v) is 5.37. The highest BCUT2D eigenvalue weighted by Gasteiger charge is 2.15. The molecule has 0 saturated carbocycles. The predicted molar refractivity (Wildman–Crippen MR) is 117 cm³/mol. The average Bonchev–Trinajstić information content (AvgIpc) is 3.13. The van der Waals surface area contributed by atoms with Crippen LogP contribution in [0.25, 0.3) is 10.2 Å². The first-order valence-electron chi connectivity index (χ1n) is 9.67. The van der Waals surface area contributed by atoms with E-state index in [1.54, 1.807) is 54.0 Å². The monoisotopic (exact) mass is 458 g/mol. The summed E-state index contributed by atoms with van der Waals surface area (Å²) in [5.41, 5.74) is 0.999. The van der Waals surface area contributed by atoms with Crippen molar-refractivity contribution in [3.8, 4) is 11.5 Å². The number of rotatable bonds is 8. The highest BCUT2D eigenvalue weighted by Crippen LogP contribution is 2.21. The molecule has 32 heavy (non-hydrogen) atoms. The lowest BCUT2D eigenvalue weighted by Gasteiger charge is -2.06. The van der Waals surface area contributed by atoms with Gasteiger partial charge in [0.05, 0.1) is 36.6 Å². The number of nitrogens with zero attached hydrogens (tertiary/aromatic N) is 2. The summed E-state index contributed by atoms with van der Waals surface area (Å²) in [6.45, 7) is 1.54. The standard InChI is InChI=1S/C22H22N2O7S/c1-4-30-21(27)14-8-9-17-18(10-14)32-22(24(17)12-20(26)29-3)23-19(25)13-31-16-7-5-6-15(11-16)28-2/h5-11H,4,12-13H2,1-3H3. The maximum Gasteiger partial charge on any atom is 0.338 e. The maximum atomic E-state index is 12.5. The Morgan fingerprint density at radius 3 is 2.56 bits per heavy atom. The molecule has 0 aliphatic rings. The molecular formula is C22H22N2O7S. The summed E-state index contributed by atoms with van der Waals surface area (Å²) < 4.78 is 22.6. The van der Waals surface area contributed by atoms with Gasteiger partial charge in [0.25, 0.3) is 5.91 Å². The molecule has 1 heterocycles. The van der Waals surface area contributed by atoms with E-state index in [9.17, 15) is 14.4 Å². The van der Waals surface area contributed by atoms with Crippen molar-refractivity contribution in [2.45, 2.75) is 13.5 Å². The first-order chi connectivity index (χ1) is 15.4. The predicted octanol–water partition coefficient (Wildman–Crippen LogP) is 2.57. The van der Waals surface area contributed by atoms with Crippen LogP contribution in [0.3, 0.4) is 0 Å². The summed E-state index contributed by atoms with van der Waals surface area (Å²) >= 11 is 1.17. The minimum Gasteiger partial charge on any atom is -0.497 e. The van der Waals surface area contributed by atoms with Gasteiger partial charge in [0.2, 0.25) is 0 Å². The molecule has 0 atom stereocenters. The summed E-state index contributed by atoms with van der Waals surface area (Å²) in [6.07, 6.45) is 0. The van der Waals surface area contributed by atoms with Crippen molar-refractivity contribution >= 4 is 39.4 Å². The largest absolute Gasteiger partial charge is 0.497 e. The summed E-state index contributed by atoms with van der Waals surface area (Å²) in [5.74, 6) is -0.427. The number of ether oxygens (including phenoxy) is 4. The molecule has 9 nitrogen and oxygen atoms in total. The number of carbonyl (C=O) groups excluding carboxylic acids is 3. The Labute approximate surface area is 187 Å². The van der Waals surface area contributed by atoms with E-state index in [0.29, 0.717) is 27.3 Å². The van der Waals surface area contributed by atoms with Crippen molar-refractivity contribution in [3.05, 3.63) is 52.8 Å². The maximum absolute atomic E-state index is 12.5. The zero-order valence-electron chi connectivity index (χ0n) is 17.8. The van der Waals surface area contributed by atoms with Crippen LogP contribution in [0.4, 0.5) is 0 Å². The van der Waals surface area contributed by atoms with Crippen LogP contribution in [-0.4, -0.2) is 49.8 Å². The van der Waals surface area contributed by atoms with E-state index in [1.165, 1.54) is 25.6 Å². The molecule has 0 N–H and O–H groups in total. The van der Waals surface area contributed by atoms with Crippen molar-refractivity contribution in [1.29, 1.82) is 0 Å². The van der Waals surface area contributed by atoms with Gasteiger partial charge in [-0.3, -0.25) is 9.59 Å². The molecule has 0 bridgehead atoms. The van der Waals surface area contributed by atoms with E-state index in [1.807, 2.05) is 0 Å². The lowest BCUT2D eigenvalue weighted by atomic mass is 10.2. The van der Waals surface area contributed by atoms with Gasteiger partial charge in [-0.2, -0.15) is 4.99 Å². The van der Waals surface area contributed by atoms with Crippen LogP contribution in [0.2, 0.25) is 0 Å². The molecule has 0 aliphatic carbocycles. The van der Waals surface area contributed by atoms with E-state index < -0.39 is 17.8 Å². The van der Waals surface area contributed by atoms with Crippen LogP contribution >= 0.6 is 11.3 Å². The second kappa shape index (κ2) is 10.6. The lowest BCUT2D eigenvalue weighted by Crippen LogP contribution is -2.23. The number of aromatic nitrogens is 1.